The number of hydrogen-bond acceptors (Lipinski definition) is 3. The number of benzene rings is 1. The lowest BCUT2D eigenvalue weighted by molar-refractivity contribution is 0.266. The summed E-state index contributed by atoms with van der Waals surface area (Å²) in [6.45, 7) is 7.43. The summed E-state index contributed by atoms with van der Waals surface area (Å²) in [6.07, 6.45) is 1.78. The largest absolute Gasteiger partial charge is 0.390 e. The molecule has 0 aliphatic carbocycles. The van der Waals surface area contributed by atoms with E-state index in [0.29, 0.717) is 5.92 Å². The number of aromatic nitrogens is 2. The van der Waals surface area contributed by atoms with Gasteiger partial charge in [-0.05, 0) is 24.0 Å². The summed E-state index contributed by atoms with van der Waals surface area (Å²) >= 11 is 1.73. The molecule has 0 aliphatic heterocycles. The van der Waals surface area contributed by atoms with E-state index < -0.39 is 0 Å². The maximum absolute atomic E-state index is 9.40. The van der Waals surface area contributed by atoms with E-state index in [2.05, 4.69) is 54.6 Å². The van der Waals surface area contributed by atoms with Crippen molar-refractivity contribution in [2.75, 3.05) is 0 Å². The van der Waals surface area contributed by atoms with Gasteiger partial charge in [-0.15, -0.1) is 0 Å². The lowest BCUT2D eigenvalue weighted by atomic mass is 10.1. The first kappa shape index (κ1) is 15.1. The van der Waals surface area contributed by atoms with Crippen LogP contribution in [0.5, 0.6) is 0 Å². The topological polar surface area (TPSA) is 38.1 Å². The minimum absolute atomic E-state index is 0.0463. The highest BCUT2D eigenvalue weighted by molar-refractivity contribution is 7.98. The van der Waals surface area contributed by atoms with E-state index in [1.54, 1.807) is 18.0 Å². The Morgan fingerprint density at radius 3 is 2.70 bits per heavy atom. The predicted octanol–water partition coefficient (Wildman–Crippen LogP) is 3.63. The van der Waals surface area contributed by atoms with Crippen molar-refractivity contribution in [2.24, 2.45) is 5.92 Å². The van der Waals surface area contributed by atoms with Gasteiger partial charge in [0.05, 0.1) is 18.5 Å². The highest BCUT2D eigenvalue weighted by Crippen LogP contribution is 2.25. The first-order valence-corrected chi connectivity index (χ1v) is 7.93. The molecule has 0 spiro atoms. The zero-order valence-electron chi connectivity index (χ0n) is 12.3. The molecule has 4 heteroatoms. The van der Waals surface area contributed by atoms with Gasteiger partial charge in [0.2, 0.25) is 0 Å². The molecule has 0 radical (unpaired) electrons. The molecule has 20 heavy (non-hydrogen) atoms. The van der Waals surface area contributed by atoms with Gasteiger partial charge in [0.15, 0.2) is 5.16 Å². The van der Waals surface area contributed by atoms with Crippen LogP contribution in [0.3, 0.4) is 0 Å². The number of thioether (sulfide) groups is 1. The summed E-state index contributed by atoms with van der Waals surface area (Å²) in [5, 5.41) is 10.4. The maximum Gasteiger partial charge on any atom is 0.168 e. The number of nitrogens with zero attached hydrogens (tertiary/aromatic N) is 2. The average Bonchev–Trinajstić information content (AvgIpc) is 2.79. The average molecular weight is 290 g/mol. The van der Waals surface area contributed by atoms with Crippen molar-refractivity contribution >= 4 is 11.8 Å². The van der Waals surface area contributed by atoms with Crippen LogP contribution in [0.4, 0.5) is 0 Å². The molecular formula is C16H22N2OS. The van der Waals surface area contributed by atoms with Gasteiger partial charge < -0.3 is 9.67 Å². The van der Waals surface area contributed by atoms with Crippen LogP contribution in [0.25, 0.3) is 0 Å². The van der Waals surface area contributed by atoms with Crippen molar-refractivity contribution in [1.29, 1.82) is 0 Å². The molecule has 1 aromatic heterocycles. The predicted molar refractivity (Wildman–Crippen MR) is 83.7 cm³/mol. The van der Waals surface area contributed by atoms with Gasteiger partial charge in [0, 0.05) is 12.3 Å². The second kappa shape index (κ2) is 6.95. The minimum atomic E-state index is 0.0463. The van der Waals surface area contributed by atoms with Crippen LogP contribution < -0.4 is 0 Å². The summed E-state index contributed by atoms with van der Waals surface area (Å²) in [5.74, 6) is 1.44. The second-order valence-electron chi connectivity index (χ2n) is 5.41. The summed E-state index contributed by atoms with van der Waals surface area (Å²) in [7, 11) is 0. The van der Waals surface area contributed by atoms with Gasteiger partial charge in [-0.25, -0.2) is 4.98 Å². The number of aliphatic hydroxyl groups is 1. The minimum Gasteiger partial charge on any atom is -0.390 e. The molecule has 0 saturated heterocycles. The van der Waals surface area contributed by atoms with E-state index in [9.17, 15) is 5.11 Å². The number of imidazole rings is 1. The summed E-state index contributed by atoms with van der Waals surface area (Å²) in [5.41, 5.74) is 3.54. The molecule has 2 aromatic rings. The molecule has 108 valence electrons. The van der Waals surface area contributed by atoms with Gasteiger partial charge in [-0.3, -0.25) is 0 Å². The van der Waals surface area contributed by atoms with Crippen molar-refractivity contribution in [3.8, 4) is 0 Å². The highest BCUT2D eigenvalue weighted by atomic mass is 32.2. The van der Waals surface area contributed by atoms with Crippen molar-refractivity contribution in [3.63, 3.8) is 0 Å². The van der Waals surface area contributed by atoms with Crippen molar-refractivity contribution < 1.29 is 5.11 Å². The first-order chi connectivity index (χ1) is 9.61. The van der Waals surface area contributed by atoms with Crippen LogP contribution in [0.1, 0.15) is 30.7 Å². The molecule has 1 heterocycles. The molecule has 2 rings (SSSR count). The Morgan fingerprint density at radius 1 is 1.30 bits per heavy atom. The quantitative estimate of drug-likeness (QED) is 0.826. The smallest absolute Gasteiger partial charge is 0.168 e. The highest BCUT2D eigenvalue weighted by Gasteiger charge is 2.11. The normalized spacial score (nSPS) is 11.2. The van der Waals surface area contributed by atoms with E-state index in [4.69, 9.17) is 0 Å². The van der Waals surface area contributed by atoms with Crippen LogP contribution in [-0.4, -0.2) is 14.7 Å². The van der Waals surface area contributed by atoms with Crippen LogP contribution in [0.2, 0.25) is 0 Å². The third kappa shape index (κ3) is 3.64. The molecule has 0 aliphatic rings. The number of hydrogen-bond donors (Lipinski definition) is 1. The zero-order chi connectivity index (χ0) is 14.5. The fourth-order valence-corrected chi connectivity index (χ4v) is 3.19. The second-order valence-corrected chi connectivity index (χ2v) is 6.35. The SMILES string of the molecule is Cc1ccccc1CSc1ncc(CO)n1CC(C)C. The van der Waals surface area contributed by atoms with Gasteiger partial charge >= 0.3 is 0 Å². The number of aryl methyl sites for hydroxylation is 1. The molecule has 0 bridgehead atoms. The lowest BCUT2D eigenvalue weighted by Gasteiger charge is -2.13. The molecule has 1 aromatic carbocycles. The molecule has 0 saturated carbocycles. The van der Waals surface area contributed by atoms with Gasteiger partial charge in [-0.1, -0.05) is 49.9 Å². The van der Waals surface area contributed by atoms with E-state index in [0.717, 1.165) is 23.1 Å². The Kier molecular flexibility index (Phi) is 5.26. The van der Waals surface area contributed by atoms with Gasteiger partial charge in [0.25, 0.3) is 0 Å². The van der Waals surface area contributed by atoms with Crippen LogP contribution in [0.15, 0.2) is 35.6 Å². The molecule has 0 fully saturated rings. The Hall–Kier alpha value is -1.26. The Balaban J connectivity index is 2.13. The number of aliphatic hydroxyl groups excluding tert-OH is 1. The molecule has 0 atom stereocenters. The van der Waals surface area contributed by atoms with Crippen LogP contribution >= 0.6 is 11.8 Å². The Bertz CT molecular complexity index is 563. The van der Waals surface area contributed by atoms with Crippen molar-refractivity contribution in [3.05, 3.63) is 47.3 Å². The maximum atomic E-state index is 9.40. The van der Waals surface area contributed by atoms with Gasteiger partial charge in [-0.2, -0.15) is 0 Å². The molecule has 1 N–H and O–H groups in total. The standard InChI is InChI=1S/C16H22N2OS/c1-12(2)9-18-15(10-19)8-17-16(18)20-11-14-7-5-4-6-13(14)3/h4-8,12,19H,9-11H2,1-3H3. The monoisotopic (exact) mass is 290 g/mol. The van der Waals surface area contributed by atoms with Crippen LogP contribution in [0, 0.1) is 12.8 Å². The zero-order valence-corrected chi connectivity index (χ0v) is 13.2. The molecule has 0 unspecified atom stereocenters. The van der Waals surface area contributed by atoms with E-state index in [-0.39, 0.29) is 6.61 Å². The van der Waals surface area contributed by atoms with E-state index in [1.165, 1.54) is 11.1 Å². The third-order valence-electron chi connectivity index (χ3n) is 3.23. The Morgan fingerprint density at radius 2 is 2.05 bits per heavy atom. The van der Waals surface area contributed by atoms with Crippen LogP contribution in [-0.2, 0) is 18.9 Å². The third-order valence-corrected chi connectivity index (χ3v) is 4.27. The number of rotatable bonds is 6. The van der Waals surface area contributed by atoms with Crippen molar-refractivity contribution in [1.82, 2.24) is 9.55 Å². The Labute approximate surface area is 125 Å². The fourth-order valence-electron chi connectivity index (χ4n) is 2.11. The summed E-state index contributed by atoms with van der Waals surface area (Å²) in [4.78, 5) is 4.45. The summed E-state index contributed by atoms with van der Waals surface area (Å²) < 4.78 is 2.13. The van der Waals surface area contributed by atoms with Gasteiger partial charge in [0.1, 0.15) is 0 Å². The van der Waals surface area contributed by atoms with E-state index >= 15 is 0 Å². The van der Waals surface area contributed by atoms with E-state index in [1.807, 2.05) is 0 Å². The fraction of sp³-hybridized carbons (Fsp3) is 0.438. The van der Waals surface area contributed by atoms with Crippen molar-refractivity contribution in [2.45, 2.75) is 44.8 Å². The molecule has 0 amide bonds. The summed E-state index contributed by atoms with van der Waals surface area (Å²) in [6, 6.07) is 8.43. The first-order valence-electron chi connectivity index (χ1n) is 6.94. The molecular weight excluding hydrogens is 268 g/mol. The molecule has 3 nitrogen and oxygen atoms in total. The lowest BCUT2D eigenvalue weighted by Crippen LogP contribution is -2.09.